The van der Waals surface area contributed by atoms with Crippen LogP contribution < -0.4 is 5.32 Å². The number of rotatable bonds is 7. The van der Waals surface area contributed by atoms with Gasteiger partial charge in [-0.15, -0.1) is 6.58 Å². The van der Waals surface area contributed by atoms with E-state index in [1.54, 1.807) is 6.08 Å². The maximum absolute atomic E-state index is 11.7. The maximum atomic E-state index is 11.7. The van der Waals surface area contributed by atoms with Crippen molar-refractivity contribution < 1.29 is 4.79 Å². The molecule has 0 rings (SSSR count). The molecule has 0 heterocycles. The second kappa shape index (κ2) is 7.56. The SMILES string of the molecule is C=CCN(C(=O)CCCNC)C(C)C. The molecule has 0 aromatic rings. The van der Waals surface area contributed by atoms with E-state index in [4.69, 9.17) is 0 Å². The molecule has 82 valence electrons. The van der Waals surface area contributed by atoms with Crippen LogP contribution in [0, 0.1) is 0 Å². The van der Waals surface area contributed by atoms with Gasteiger partial charge in [0.2, 0.25) is 5.91 Å². The summed E-state index contributed by atoms with van der Waals surface area (Å²) in [6.45, 7) is 9.25. The average Bonchev–Trinajstić information content (AvgIpc) is 2.13. The van der Waals surface area contributed by atoms with Crippen LogP contribution in [-0.4, -0.2) is 37.0 Å². The Hall–Kier alpha value is -0.830. The van der Waals surface area contributed by atoms with E-state index in [0.717, 1.165) is 13.0 Å². The average molecular weight is 198 g/mol. The van der Waals surface area contributed by atoms with Crippen molar-refractivity contribution in [1.29, 1.82) is 0 Å². The number of nitrogens with zero attached hydrogens (tertiary/aromatic N) is 1. The number of nitrogens with one attached hydrogen (secondary N) is 1. The van der Waals surface area contributed by atoms with Crippen LogP contribution in [0.1, 0.15) is 26.7 Å². The Morgan fingerprint density at radius 3 is 2.64 bits per heavy atom. The summed E-state index contributed by atoms with van der Waals surface area (Å²) >= 11 is 0. The third kappa shape index (κ3) is 5.02. The van der Waals surface area contributed by atoms with Gasteiger partial charge in [0.25, 0.3) is 0 Å². The molecule has 0 atom stereocenters. The van der Waals surface area contributed by atoms with Gasteiger partial charge in [-0.1, -0.05) is 6.08 Å². The van der Waals surface area contributed by atoms with Gasteiger partial charge < -0.3 is 10.2 Å². The molecule has 0 fully saturated rings. The summed E-state index contributed by atoms with van der Waals surface area (Å²) in [7, 11) is 1.90. The molecule has 0 aliphatic carbocycles. The third-order valence-corrected chi connectivity index (χ3v) is 2.09. The Bertz CT molecular complexity index is 178. The molecule has 0 aromatic heterocycles. The molecule has 0 radical (unpaired) electrons. The summed E-state index contributed by atoms with van der Waals surface area (Å²) in [4.78, 5) is 13.5. The first-order chi connectivity index (χ1) is 6.63. The van der Waals surface area contributed by atoms with Crippen molar-refractivity contribution in [1.82, 2.24) is 10.2 Å². The van der Waals surface area contributed by atoms with E-state index in [9.17, 15) is 4.79 Å². The van der Waals surface area contributed by atoms with Crippen molar-refractivity contribution in [2.45, 2.75) is 32.7 Å². The van der Waals surface area contributed by atoms with E-state index in [-0.39, 0.29) is 11.9 Å². The van der Waals surface area contributed by atoms with Gasteiger partial charge in [0.05, 0.1) is 0 Å². The highest BCUT2D eigenvalue weighted by Crippen LogP contribution is 2.03. The topological polar surface area (TPSA) is 32.3 Å². The summed E-state index contributed by atoms with van der Waals surface area (Å²) < 4.78 is 0. The summed E-state index contributed by atoms with van der Waals surface area (Å²) in [6, 6.07) is 0.259. The van der Waals surface area contributed by atoms with E-state index >= 15 is 0 Å². The van der Waals surface area contributed by atoms with E-state index < -0.39 is 0 Å². The Morgan fingerprint density at radius 2 is 2.21 bits per heavy atom. The molecule has 0 unspecified atom stereocenters. The molecule has 0 saturated heterocycles. The van der Waals surface area contributed by atoms with Gasteiger partial charge in [0.15, 0.2) is 0 Å². The predicted molar refractivity (Wildman–Crippen MR) is 60.2 cm³/mol. The van der Waals surface area contributed by atoms with Crippen molar-refractivity contribution in [3.63, 3.8) is 0 Å². The Morgan fingerprint density at radius 1 is 1.57 bits per heavy atom. The van der Waals surface area contributed by atoms with Crippen molar-refractivity contribution in [3.8, 4) is 0 Å². The largest absolute Gasteiger partial charge is 0.337 e. The molecule has 1 N–H and O–H groups in total. The number of carbonyl (C=O) groups excluding carboxylic acids is 1. The molecule has 14 heavy (non-hydrogen) atoms. The molecular formula is C11H22N2O. The van der Waals surface area contributed by atoms with Crippen molar-refractivity contribution in [2.75, 3.05) is 20.1 Å². The Labute approximate surface area is 87.2 Å². The van der Waals surface area contributed by atoms with E-state index in [1.807, 2.05) is 25.8 Å². The zero-order valence-corrected chi connectivity index (χ0v) is 9.55. The minimum Gasteiger partial charge on any atom is -0.337 e. The van der Waals surface area contributed by atoms with Crippen LogP contribution >= 0.6 is 0 Å². The van der Waals surface area contributed by atoms with Gasteiger partial charge in [-0.2, -0.15) is 0 Å². The number of amides is 1. The van der Waals surface area contributed by atoms with Crippen LogP contribution in [0.3, 0.4) is 0 Å². The van der Waals surface area contributed by atoms with Gasteiger partial charge in [0, 0.05) is 19.0 Å². The van der Waals surface area contributed by atoms with Crippen LogP contribution in [0.5, 0.6) is 0 Å². The van der Waals surface area contributed by atoms with Gasteiger partial charge >= 0.3 is 0 Å². The van der Waals surface area contributed by atoms with Gasteiger partial charge in [-0.3, -0.25) is 4.79 Å². The molecule has 1 amide bonds. The zero-order chi connectivity index (χ0) is 11.0. The van der Waals surface area contributed by atoms with Crippen LogP contribution in [-0.2, 0) is 4.79 Å². The van der Waals surface area contributed by atoms with Crippen LogP contribution in [0.4, 0.5) is 0 Å². The van der Waals surface area contributed by atoms with E-state index in [0.29, 0.717) is 13.0 Å². The smallest absolute Gasteiger partial charge is 0.223 e. The van der Waals surface area contributed by atoms with Crippen molar-refractivity contribution >= 4 is 5.91 Å². The lowest BCUT2D eigenvalue weighted by Gasteiger charge is -2.25. The highest BCUT2D eigenvalue weighted by atomic mass is 16.2. The summed E-state index contributed by atoms with van der Waals surface area (Å²) in [5, 5.41) is 3.03. The second-order valence-corrected chi connectivity index (χ2v) is 3.64. The van der Waals surface area contributed by atoms with E-state index in [2.05, 4.69) is 11.9 Å². The maximum Gasteiger partial charge on any atom is 0.223 e. The highest BCUT2D eigenvalue weighted by molar-refractivity contribution is 5.76. The molecule has 3 heteroatoms. The second-order valence-electron chi connectivity index (χ2n) is 3.64. The fourth-order valence-corrected chi connectivity index (χ4v) is 1.30. The normalized spacial score (nSPS) is 10.3. The first-order valence-electron chi connectivity index (χ1n) is 5.18. The first kappa shape index (κ1) is 13.2. The number of hydrogen-bond donors (Lipinski definition) is 1. The molecule has 3 nitrogen and oxygen atoms in total. The molecule has 0 saturated carbocycles. The fraction of sp³-hybridized carbons (Fsp3) is 0.727. The van der Waals surface area contributed by atoms with Crippen LogP contribution in [0.2, 0.25) is 0 Å². The lowest BCUT2D eigenvalue weighted by atomic mass is 10.2. The molecule has 0 aliphatic heterocycles. The molecular weight excluding hydrogens is 176 g/mol. The minimum absolute atomic E-state index is 0.218. The highest BCUT2D eigenvalue weighted by Gasteiger charge is 2.14. The predicted octanol–water partition coefficient (Wildman–Crippen LogP) is 1.41. The lowest BCUT2D eigenvalue weighted by molar-refractivity contribution is -0.132. The summed E-state index contributed by atoms with van der Waals surface area (Å²) in [5.74, 6) is 0.218. The molecule has 0 spiro atoms. The Balaban J connectivity index is 3.95. The quantitative estimate of drug-likeness (QED) is 0.495. The van der Waals surface area contributed by atoms with Crippen LogP contribution in [0.15, 0.2) is 12.7 Å². The summed E-state index contributed by atoms with van der Waals surface area (Å²) in [5.41, 5.74) is 0. The van der Waals surface area contributed by atoms with Gasteiger partial charge in [0.1, 0.15) is 0 Å². The summed E-state index contributed by atoms with van der Waals surface area (Å²) in [6.07, 6.45) is 3.29. The standard InChI is InChI=1S/C11H22N2O/c1-5-9-13(10(2)3)11(14)7-6-8-12-4/h5,10,12H,1,6-9H2,2-4H3. The Kier molecular flexibility index (Phi) is 7.11. The molecule has 0 aromatic carbocycles. The van der Waals surface area contributed by atoms with Crippen molar-refractivity contribution in [3.05, 3.63) is 12.7 Å². The number of carbonyl (C=O) groups is 1. The third-order valence-electron chi connectivity index (χ3n) is 2.09. The monoisotopic (exact) mass is 198 g/mol. The van der Waals surface area contributed by atoms with Gasteiger partial charge in [-0.05, 0) is 33.9 Å². The number of hydrogen-bond acceptors (Lipinski definition) is 2. The van der Waals surface area contributed by atoms with E-state index in [1.165, 1.54) is 0 Å². The zero-order valence-electron chi connectivity index (χ0n) is 9.55. The van der Waals surface area contributed by atoms with Crippen molar-refractivity contribution in [2.24, 2.45) is 0 Å². The first-order valence-corrected chi connectivity index (χ1v) is 5.18. The molecule has 0 bridgehead atoms. The minimum atomic E-state index is 0.218. The fourth-order valence-electron chi connectivity index (χ4n) is 1.30. The molecule has 0 aliphatic rings. The lowest BCUT2D eigenvalue weighted by Crippen LogP contribution is -2.37. The van der Waals surface area contributed by atoms with Gasteiger partial charge in [-0.25, -0.2) is 0 Å². The van der Waals surface area contributed by atoms with Crippen LogP contribution in [0.25, 0.3) is 0 Å².